The van der Waals surface area contributed by atoms with Crippen molar-refractivity contribution in [1.29, 1.82) is 5.26 Å². The minimum absolute atomic E-state index is 0.328. The van der Waals surface area contributed by atoms with Crippen molar-refractivity contribution in [2.45, 2.75) is 13.1 Å². The van der Waals surface area contributed by atoms with Crippen molar-refractivity contribution in [3.05, 3.63) is 70.8 Å². The van der Waals surface area contributed by atoms with Crippen molar-refractivity contribution in [3.63, 3.8) is 0 Å². The number of halogens is 3. The molecule has 0 heterocycles. The number of allylic oxidation sites excluding steroid dienone is 1. The molecule has 2 rings (SSSR count). The molecule has 0 aliphatic heterocycles. The lowest BCUT2D eigenvalue weighted by Crippen LogP contribution is -2.04. The normalized spacial score (nSPS) is 12.0. The van der Waals surface area contributed by atoms with Crippen LogP contribution in [0.15, 0.2) is 48.5 Å². The van der Waals surface area contributed by atoms with Gasteiger partial charge < -0.3 is 0 Å². The van der Waals surface area contributed by atoms with E-state index in [-0.39, 0.29) is 0 Å². The van der Waals surface area contributed by atoms with Gasteiger partial charge in [0.25, 0.3) is 0 Å². The molecule has 0 aliphatic rings. The molecule has 0 atom stereocenters. The van der Waals surface area contributed by atoms with E-state index in [1.165, 1.54) is 12.1 Å². The lowest BCUT2D eigenvalue weighted by atomic mass is 10.0. The van der Waals surface area contributed by atoms with Gasteiger partial charge in [-0.1, -0.05) is 42.0 Å². The summed E-state index contributed by atoms with van der Waals surface area (Å²) in [5.41, 5.74) is 1.68. The van der Waals surface area contributed by atoms with Crippen molar-refractivity contribution < 1.29 is 13.2 Å². The zero-order valence-corrected chi connectivity index (χ0v) is 11.3. The van der Waals surface area contributed by atoms with Gasteiger partial charge in [0.1, 0.15) is 0 Å². The number of benzene rings is 2. The van der Waals surface area contributed by atoms with Crippen LogP contribution in [0.2, 0.25) is 0 Å². The molecule has 0 bridgehead atoms. The summed E-state index contributed by atoms with van der Waals surface area (Å²) in [7, 11) is 0. The Morgan fingerprint density at radius 3 is 2.33 bits per heavy atom. The monoisotopic (exact) mass is 287 g/mol. The zero-order chi connectivity index (χ0) is 15.5. The Morgan fingerprint density at radius 1 is 1.10 bits per heavy atom. The first-order valence-electron chi connectivity index (χ1n) is 6.26. The third-order valence-corrected chi connectivity index (χ3v) is 3.01. The highest BCUT2D eigenvalue weighted by Gasteiger charge is 2.30. The lowest BCUT2D eigenvalue weighted by molar-refractivity contribution is -0.137. The van der Waals surface area contributed by atoms with E-state index < -0.39 is 11.7 Å². The SMILES string of the molecule is Cc1ccc(/C(C#N)=C/c2cccc(C(F)(F)F)c2)cc1. The molecule has 106 valence electrons. The molecule has 0 radical (unpaired) electrons. The zero-order valence-electron chi connectivity index (χ0n) is 11.3. The summed E-state index contributed by atoms with van der Waals surface area (Å²) in [6.07, 6.45) is -2.93. The van der Waals surface area contributed by atoms with Crippen LogP contribution in [0.25, 0.3) is 11.6 Å². The molecule has 21 heavy (non-hydrogen) atoms. The fraction of sp³-hybridized carbons (Fsp3) is 0.118. The average molecular weight is 287 g/mol. The van der Waals surface area contributed by atoms with Gasteiger partial charge in [0.2, 0.25) is 0 Å². The summed E-state index contributed by atoms with van der Waals surface area (Å²) in [6, 6.07) is 14.2. The average Bonchev–Trinajstić information content (AvgIpc) is 2.45. The molecule has 0 fully saturated rings. The second kappa shape index (κ2) is 5.84. The van der Waals surface area contributed by atoms with Crippen molar-refractivity contribution >= 4 is 11.6 Å². The molecule has 0 N–H and O–H groups in total. The Bertz CT molecular complexity index is 704. The summed E-state index contributed by atoms with van der Waals surface area (Å²) >= 11 is 0. The smallest absolute Gasteiger partial charge is 0.192 e. The molecule has 0 spiro atoms. The summed E-state index contributed by atoms with van der Waals surface area (Å²) in [6.45, 7) is 1.92. The van der Waals surface area contributed by atoms with E-state index >= 15 is 0 Å². The predicted octanol–water partition coefficient (Wildman–Crippen LogP) is 5.08. The molecule has 0 aliphatic carbocycles. The molecule has 0 aromatic heterocycles. The van der Waals surface area contributed by atoms with Crippen LogP contribution in [0.3, 0.4) is 0 Å². The van der Waals surface area contributed by atoms with Gasteiger partial charge in [0.15, 0.2) is 0 Å². The number of hydrogen-bond acceptors (Lipinski definition) is 1. The number of alkyl halides is 3. The van der Waals surface area contributed by atoms with E-state index in [0.717, 1.165) is 17.7 Å². The lowest BCUT2D eigenvalue weighted by Gasteiger charge is -2.07. The van der Waals surface area contributed by atoms with Gasteiger partial charge in [-0.15, -0.1) is 0 Å². The fourth-order valence-corrected chi connectivity index (χ4v) is 1.88. The minimum atomic E-state index is -4.39. The van der Waals surface area contributed by atoms with E-state index in [4.69, 9.17) is 0 Å². The second-order valence-electron chi connectivity index (χ2n) is 4.66. The quantitative estimate of drug-likeness (QED) is 0.558. The van der Waals surface area contributed by atoms with Crippen LogP contribution in [-0.4, -0.2) is 0 Å². The number of hydrogen-bond donors (Lipinski definition) is 0. The Balaban J connectivity index is 2.41. The van der Waals surface area contributed by atoms with Crippen molar-refractivity contribution in [1.82, 2.24) is 0 Å². The largest absolute Gasteiger partial charge is 0.416 e. The van der Waals surface area contributed by atoms with E-state index in [9.17, 15) is 18.4 Å². The number of aryl methyl sites for hydroxylation is 1. The fourth-order valence-electron chi connectivity index (χ4n) is 1.88. The van der Waals surface area contributed by atoms with Gasteiger partial charge in [0.05, 0.1) is 17.2 Å². The van der Waals surface area contributed by atoms with Gasteiger partial charge in [-0.05, 0) is 36.3 Å². The number of nitrogens with zero attached hydrogens (tertiary/aromatic N) is 1. The van der Waals surface area contributed by atoms with E-state index in [0.29, 0.717) is 16.7 Å². The highest BCUT2D eigenvalue weighted by atomic mass is 19.4. The van der Waals surface area contributed by atoms with Gasteiger partial charge in [0, 0.05) is 0 Å². The molecule has 0 saturated heterocycles. The van der Waals surface area contributed by atoms with Crippen LogP contribution in [0.4, 0.5) is 13.2 Å². The Hall–Kier alpha value is -2.54. The van der Waals surface area contributed by atoms with Crippen LogP contribution in [0.1, 0.15) is 22.3 Å². The summed E-state index contributed by atoms with van der Waals surface area (Å²) < 4.78 is 38.0. The molecule has 4 heteroatoms. The topological polar surface area (TPSA) is 23.8 Å². The van der Waals surface area contributed by atoms with Gasteiger partial charge >= 0.3 is 6.18 Å². The Kier molecular flexibility index (Phi) is 4.13. The van der Waals surface area contributed by atoms with Gasteiger partial charge in [-0.3, -0.25) is 0 Å². The molecular weight excluding hydrogens is 275 g/mol. The first-order chi connectivity index (χ1) is 9.90. The highest BCUT2D eigenvalue weighted by molar-refractivity contribution is 5.89. The van der Waals surface area contributed by atoms with E-state index in [1.54, 1.807) is 18.2 Å². The maximum Gasteiger partial charge on any atom is 0.416 e. The first-order valence-corrected chi connectivity index (χ1v) is 6.26. The maximum atomic E-state index is 12.7. The summed E-state index contributed by atoms with van der Waals surface area (Å²) in [5.74, 6) is 0. The third-order valence-electron chi connectivity index (χ3n) is 3.01. The van der Waals surface area contributed by atoms with Crippen LogP contribution >= 0.6 is 0 Å². The summed E-state index contributed by atoms with van der Waals surface area (Å²) in [5, 5.41) is 9.20. The molecule has 2 aromatic rings. The highest BCUT2D eigenvalue weighted by Crippen LogP contribution is 2.30. The van der Waals surface area contributed by atoms with Crippen molar-refractivity contribution in [2.24, 2.45) is 0 Å². The Morgan fingerprint density at radius 2 is 1.76 bits per heavy atom. The molecule has 0 amide bonds. The molecular formula is C17H12F3N. The molecule has 0 unspecified atom stereocenters. The van der Waals surface area contributed by atoms with Gasteiger partial charge in [-0.25, -0.2) is 0 Å². The maximum absolute atomic E-state index is 12.7. The van der Waals surface area contributed by atoms with Crippen molar-refractivity contribution in [2.75, 3.05) is 0 Å². The standard InChI is InChI=1S/C17H12F3N/c1-12-5-7-14(8-6-12)15(11-21)9-13-3-2-4-16(10-13)17(18,19)20/h2-10H,1H3/b15-9+. The van der Waals surface area contributed by atoms with E-state index in [1.807, 2.05) is 25.1 Å². The Labute approximate surface area is 121 Å². The van der Waals surface area contributed by atoms with Crippen molar-refractivity contribution in [3.8, 4) is 6.07 Å². The predicted molar refractivity (Wildman–Crippen MR) is 76.1 cm³/mol. The molecule has 2 aromatic carbocycles. The van der Waals surface area contributed by atoms with E-state index in [2.05, 4.69) is 0 Å². The number of nitriles is 1. The summed E-state index contributed by atoms with van der Waals surface area (Å²) in [4.78, 5) is 0. The van der Waals surface area contributed by atoms with Crippen LogP contribution < -0.4 is 0 Å². The van der Waals surface area contributed by atoms with Crippen LogP contribution in [0, 0.1) is 18.3 Å². The molecule has 1 nitrogen and oxygen atoms in total. The second-order valence-corrected chi connectivity index (χ2v) is 4.66. The van der Waals surface area contributed by atoms with Crippen LogP contribution in [0.5, 0.6) is 0 Å². The molecule has 0 saturated carbocycles. The third kappa shape index (κ3) is 3.73. The van der Waals surface area contributed by atoms with Crippen LogP contribution in [-0.2, 0) is 6.18 Å². The number of rotatable bonds is 2. The minimum Gasteiger partial charge on any atom is -0.192 e. The van der Waals surface area contributed by atoms with Gasteiger partial charge in [-0.2, -0.15) is 18.4 Å². The first kappa shape index (κ1) is 14.9.